The van der Waals surface area contributed by atoms with Crippen molar-refractivity contribution in [3.05, 3.63) is 36.3 Å². The summed E-state index contributed by atoms with van der Waals surface area (Å²) in [4.78, 5) is 24.9. The molecule has 1 saturated heterocycles. The van der Waals surface area contributed by atoms with E-state index < -0.39 is 0 Å². The molecule has 2 aliphatic rings. The third-order valence-electron chi connectivity index (χ3n) is 7.19. The molecule has 4 aromatic rings. The minimum absolute atomic E-state index is 0.128. The van der Waals surface area contributed by atoms with E-state index >= 15 is 0 Å². The number of amides is 1. The van der Waals surface area contributed by atoms with E-state index in [4.69, 9.17) is 14.5 Å². The van der Waals surface area contributed by atoms with Crippen LogP contribution in [0, 0.1) is 0 Å². The molecule has 3 N–H and O–H groups in total. The number of pyridine rings is 1. The molecule has 0 atom stereocenters. The summed E-state index contributed by atoms with van der Waals surface area (Å²) in [5.74, 6) is 0.875. The van der Waals surface area contributed by atoms with Gasteiger partial charge in [-0.15, -0.1) is 0 Å². The number of rotatable bonds is 5. The number of nitrogens with one attached hydrogen (secondary N) is 3. The molecule has 1 amide bonds. The van der Waals surface area contributed by atoms with Gasteiger partial charge in [-0.05, 0) is 49.8 Å². The number of aromatic nitrogens is 5. The summed E-state index contributed by atoms with van der Waals surface area (Å²) < 4.78 is 13.2. The molecule has 6 rings (SSSR count). The summed E-state index contributed by atoms with van der Waals surface area (Å²) in [7, 11) is 3.22. The maximum atomic E-state index is 12.2. The van der Waals surface area contributed by atoms with Gasteiger partial charge in [0, 0.05) is 31.0 Å². The highest BCUT2D eigenvalue weighted by atomic mass is 16.5. The number of anilines is 1. The summed E-state index contributed by atoms with van der Waals surface area (Å²) in [6.07, 6.45) is 10.7. The van der Waals surface area contributed by atoms with Crippen LogP contribution in [0.25, 0.3) is 27.7 Å². The number of carbonyl (C=O) groups is 1. The van der Waals surface area contributed by atoms with Crippen LogP contribution in [0.15, 0.2) is 30.7 Å². The van der Waals surface area contributed by atoms with E-state index in [9.17, 15) is 4.79 Å². The zero-order valence-corrected chi connectivity index (χ0v) is 19.2. The molecule has 1 saturated carbocycles. The minimum Gasteiger partial charge on any atom is -0.480 e. The number of ether oxygens (including phenoxy) is 2. The van der Waals surface area contributed by atoms with E-state index in [1.807, 2.05) is 24.5 Å². The van der Waals surface area contributed by atoms with Gasteiger partial charge < -0.3 is 25.1 Å². The molecular weight excluding hydrogens is 434 g/mol. The van der Waals surface area contributed by atoms with Crippen LogP contribution < -0.4 is 15.4 Å². The maximum absolute atomic E-state index is 12.2. The van der Waals surface area contributed by atoms with Crippen molar-refractivity contribution in [2.75, 3.05) is 26.1 Å². The van der Waals surface area contributed by atoms with Crippen molar-refractivity contribution >= 4 is 28.4 Å². The first-order valence-corrected chi connectivity index (χ1v) is 11.6. The van der Waals surface area contributed by atoms with Gasteiger partial charge in [0.05, 0.1) is 42.0 Å². The number of aromatic amines is 1. The fourth-order valence-corrected chi connectivity index (χ4v) is 5.15. The van der Waals surface area contributed by atoms with Crippen LogP contribution >= 0.6 is 0 Å². The predicted octanol–water partition coefficient (Wildman–Crippen LogP) is 3.15. The van der Waals surface area contributed by atoms with Gasteiger partial charge in [0.25, 0.3) is 5.91 Å². The second-order valence-corrected chi connectivity index (χ2v) is 9.07. The van der Waals surface area contributed by atoms with Crippen LogP contribution in [0.1, 0.15) is 42.5 Å². The van der Waals surface area contributed by atoms with E-state index in [0.717, 1.165) is 54.3 Å². The molecule has 0 bridgehead atoms. The number of methoxy groups -OCH3 is 1. The van der Waals surface area contributed by atoms with Crippen molar-refractivity contribution in [1.82, 2.24) is 29.9 Å². The molecular formula is C24H27N7O3. The van der Waals surface area contributed by atoms with Crippen LogP contribution in [-0.2, 0) is 4.74 Å². The molecule has 1 aliphatic heterocycles. The van der Waals surface area contributed by atoms with Gasteiger partial charge in [0.1, 0.15) is 5.65 Å². The molecule has 1 aliphatic carbocycles. The number of hydrogen-bond donors (Lipinski definition) is 3. The fraction of sp³-hybridized carbons (Fsp3) is 0.417. The van der Waals surface area contributed by atoms with Crippen molar-refractivity contribution in [2.45, 2.75) is 43.7 Å². The van der Waals surface area contributed by atoms with Crippen molar-refractivity contribution in [1.29, 1.82) is 0 Å². The Morgan fingerprint density at radius 1 is 1.29 bits per heavy atom. The smallest absolute Gasteiger partial charge is 0.254 e. The molecule has 0 radical (unpaired) electrons. The van der Waals surface area contributed by atoms with E-state index in [-0.39, 0.29) is 11.5 Å². The molecule has 4 aromatic heterocycles. The Morgan fingerprint density at radius 2 is 2.12 bits per heavy atom. The van der Waals surface area contributed by atoms with E-state index in [0.29, 0.717) is 29.1 Å². The minimum atomic E-state index is -0.180. The van der Waals surface area contributed by atoms with Crippen LogP contribution in [0.3, 0.4) is 0 Å². The van der Waals surface area contributed by atoms with E-state index in [2.05, 4.69) is 25.7 Å². The summed E-state index contributed by atoms with van der Waals surface area (Å²) in [5.41, 5.74) is 3.86. The van der Waals surface area contributed by atoms with Gasteiger partial charge in [-0.1, -0.05) is 0 Å². The molecule has 2 fully saturated rings. The van der Waals surface area contributed by atoms with Gasteiger partial charge in [0.2, 0.25) is 11.8 Å². The Labute approximate surface area is 196 Å². The average molecular weight is 462 g/mol. The SMILES string of the molecule is CNC(=O)c1cnn2ccc(-c3c[nH]c4nc(NC5CCC6(CCO6)CC5)nc(OC)c34)cc12. The van der Waals surface area contributed by atoms with Gasteiger partial charge in [-0.25, -0.2) is 4.52 Å². The Kier molecular flexibility index (Phi) is 4.91. The molecule has 1 spiro atoms. The summed E-state index contributed by atoms with van der Waals surface area (Å²) in [5, 5.41) is 11.2. The fourth-order valence-electron chi connectivity index (χ4n) is 5.15. The maximum Gasteiger partial charge on any atom is 0.254 e. The first kappa shape index (κ1) is 20.9. The molecule has 0 aromatic carbocycles. The van der Waals surface area contributed by atoms with Gasteiger partial charge >= 0.3 is 0 Å². The Bertz CT molecular complexity index is 1380. The van der Waals surface area contributed by atoms with E-state index in [1.165, 1.54) is 6.42 Å². The third kappa shape index (κ3) is 3.37. The van der Waals surface area contributed by atoms with Gasteiger partial charge in [-0.3, -0.25) is 4.79 Å². The monoisotopic (exact) mass is 461 g/mol. The Hall–Kier alpha value is -3.66. The largest absolute Gasteiger partial charge is 0.480 e. The molecule has 10 nitrogen and oxygen atoms in total. The van der Waals surface area contributed by atoms with Crippen molar-refractivity contribution < 1.29 is 14.3 Å². The first-order chi connectivity index (χ1) is 16.6. The highest BCUT2D eigenvalue weighted by molar-refractivity contribution is 6.02. The summed E-state index contributed by atoms with van der Waals surface area (Å²) in [6, 6.07) is 4.20. The molecule has 0 unspecified atom stereocenters. The van der Waals surface area contributed by atoms with Crippen LogP contribution in [0.2, 0.25) is 0 Å². The number of fused-ring (bicyclic) bond motifs is 2. The third-order valence-corrected chi connectivity index (χ3v) is 7.19. The lowest BCUT2D eigenvalue weighted by Gasteiger charge is -2.46. The molecule has 34 heavy (non-hydrogen) atoms. The predicted molar refractivity (Wildman–Crippen MR) is 127 cm³/mol. The molecule has 5 heterocycles. The lowest BCUT2D eigenvalue weighted by molar-refractivity contribution is -0.165. The average Bonchev–Trinajstić information content (AvgIpc) is 3.46. The topological polar surface area (TPSA) is 118 Å². The van der Waals surface area contributed by atoms with Crippen LogP contribution in [0.5, 0.6) is 5.88 Å². The first-order valence-electron chi connectivity index (χ1n) is 11.6. The highest BCUT2D eigenvalue weighted by Gasteiger charge is 2.41. The lowest BCUT2D eigenvalue weighted by Crippen LogP contribution is -2.48. The normalized spacial score (nSPS) is 22.1. The number of nitrogens with zero attached hydrogens (tertiary/aromatic N) is 4. The lowest BCUT2D eigenvalue weighted by atomic mass is 9.77. The van der Waals surface area contributed by atoms with Gasteiger partial charge in [0.15, 0.2) is 0 Å². The second kappa shape index (κ2) is 7.98. The molecule has 10 heteroatoms. The van der Waals surface area contributed by atoms with Crippen LogP contribution in [0.4, 0.5) is 5.95 Å². The zero-order chi connectivity index (χ0) is 23.3. The van der Waals surface area contributed by atoms with Crippen LogP contribution in [-0.4, -0.2) is 62.9 Å². The Morgan fingerprint density at radius 3 is 2.82 bits per heavy atom. The zero-order valence-electron chi connectivity index (χ0n) is 19.2. The quantitative estimate of drug-likeness (QED) is 0.418. The second-order valence-electron chi connectivity index (χ2n) is 9.07. The molecule has 176 valence electrons. The highest BCUT2D eigenvalue weighted by Crippen LogP contribution is 2.41. The number of carbonyl (C=O) groups excluding carboxylic acids is 1. The van der Waals surface area contributed by atoms with Crippen molar-refractivity contribution in [3.63, 3.8) is 0 Å². The van der Waals surface area contributed by atoms with Crippen molar-refractivity contribution in [2.24, 2.45) is 0 Å². The van der Waals surface area contributed by atoms with E-state index in [1.54, 1.807) is 24.9 Å². The van der Waals surface area contributed by atoms with Crippen molar-refractivity contribution in [3.8, 4) is 17.0 Å². The standard InChI is InChI=1S/C24H27N7O3/c1-25-21(32)17-13-27-31-9-5-14(11-18(17)31)16-12-26-20-19(16)22(33-2)30-23(29-20)28-15-3-6-24(7-4-15)8-10-34-24/h5,9,11-13,15H,3-4,6-8,10H2,1-2H3,(H,25,32)(H2,26,28,29,30). The number of H-pyrrole nitrogens is 1. The number of hydrogen-bond acceptors (Lipinski definition) is 7. The summed E-state index contributed by atoms with van der Waals surface area (Å²) >= 11 is 0. The van der Waals surface area contributed by atoms with Gasteiger partial charge in [-0.2, -0.15) is 15.1 Å². The Balaban J connectivity index is 1.32. The summed E-state index contributed by atoms with van der Waals surface area (Å²) in [6.45, 7) is 0.894.